The summed E-state index contributed by atoms with van der Waals surface area (Å²) < 4.78 is 10.0. The lowest BCUT2D eigenvalue weighted by atomic mass is 9.98. The molecule has 1 aromatic heterocycles. The summed E-state index contributed by atoms with van der Waals surface area (Å²) in [5.74, 6) is -2.31. The van der Waals surface area contributed by atoms with Crippen LogP contribution in [0.15, 0.2) is 28.8 Å². The number of hydrogen-bond acceptors (Lipinski definition) is 8. The van der Waals surface area contributed by atoms with E-state index in [0.717, 1.165) is 9.78 Å². The Morgan fingerprint density at radius 2 is 2.21 bits per heavy atom. The van der Waals surface area contributed by atoms with E-state index >= 15 is 0 Å². The molecule has 1 saturated heterocycles. The van der Waals surface area contributed by atoms with Crippen molar-refractivity contribution in [2.45, 2.75) is 17.5 Å². The molecule has 0 saturated carbocycles. The van der Waals surface area contributed by atoms with Crippen LogP contribution in [-0.4, -0.2) is 64.5 Å². The number of hydrogen-bond donors (Lipinski definition) is 3. The molecule has 0 spiro atoms. The molecular formula is C16H17N3O7S2. The predicted molar refractivity (Wildman–Crippen MR) is 99.2 cm³/mol. The summed E-state index contributed by atoms with van der Waals surface area (Å²) in [6.07, 6.45) is -0.973. The van der Waals surface area contributed by atoms with E-state index in [1.54, 1.807) is 6.07 Å². The van der Waals surface area contributed by atoms with Crippen molar-refractivity contribution in [3.05, 3.63) is 33.7 Å². The van der Waals surface area contributed by atoms with Gasteiger partial charge in [-0.2, -0.15) is 0 Å². The van der Waals surface area contributed by atoms with E-state index in [1.807, 2.05) is 11.4 Å². The van der Waals surface area contributed by atoms with Gasteiger partial charge in [-0.1, -0.05) is 6.07 Å². The van der Waals surface area contributed by atoms with Crippen molar-refractivity contribution in [3.8, 4) is 0 Å². The quantitative estimate of drug-likeness (QED) is 0.410. The third kappa shape index (κ3) is 3.45. The number of nitrogens with zero attached hydrogens (tertiary/aromatic N) is 1. The fourth-order valence-corrected chi connectivity index (χ4v) is 5.16. The number of amides is 3. The van der Waals surface area contributed by atoms with Gasteiger partial charge in [0.1, 0.15) is 17.7 Å². The van der Waals surface area contributed by atoms with Crippen molar-refractivity contribution in [2.75, 3.05) is 19.5 Å². The third-order valence-corrected chi connectivity index (χ3v) is 6.51. The van der Waals surface area contributed by atoms with Crippen molar-refractivity contribution in [2.24, 2.45) is 5.73 Å². The summed E-state index contributed by atoms with van der Waals surface area (Å²) in [7, 11) is 1.27. The lowest BCUT2D eigenvalue weighted by Crippen LogP contribution is -2.80. The lowest BCUT2D eigenvalue weighted by molar-refractivity contribution is -0.192. The summed E-state index contributed by atoms with van der Waals surface area (Å²) in [5.41, 5.74) is 3.20. The number of thioether (sulfide) groups is 1. The van der Waals surface area contributed by atoms with E-state index in [2.05, 4.69) is 10.1 Å². The monoisotopic (exact) mass is 427 g/mol. The van der Waals surface area contributed by atoms with Crippen LogP contribution in [0.4, 0.5) is 4.79 Å². The van der Waals surface area contributed by atoms with E-state index in [-0.39, 0.29) is 30.1 Å². The van der Waals surface area contributed by atoms with Crippen molar-refractivity contribution in [3.63, 3.8) is 0 Å². The van der Waals surface area contributed by atoms with Crippen molar-refractivity contribution < 1.29 is 33.8 Å². The number of rotatable bonds is 7. The Morgan fingerprint density at radius 1 is 1.46 bits per heavy atom. The molecule has 0 aromatic carbocycles. The molecule has 10 nitrogen and oxygen atoms in total. The highest BCUT2D eigenvalue weighted by molar-refractivity contribution is 8.00. The van der Waals surface area contributed by atoms with E-state index < -0.39 is 35.0 Å². The van der Waals surface area contributed by atoms with Gasteiger partial charge in [0.15, 0.2) is 0 Å². The van der Waals surface area contributed by atoms with Crippen LogP contribution in [0.3, 0.4) is 0 Å². The molecule has 2 aliphatic rings. The molecule has 28 heavy (non-hydrogen) atoms. The minimum atomic E-state index is -1.66. The first-order chi connectivity index (χ1) is 13.3. The molecule has 1 aromatic rings. The summed E-state index contributed by atoms with van der Waals surface area (Å²) in [4.78, 5) is 49.6. The number of carboxylic acids is 1. The zero-order valence-corrected chi connectivity index (χ0v) is 16.3. The largest absolute Gasteiger partial charge is 0.477 e. The van der Waals surface area contributed by atoms with Crippen LogP contribution in [-0.2, 0) is 30.3 Å². The average Bonchev–Trinajstić information content (AvgIpc) is 3.15. The Morgan fingerprint density at radius 3 is 2.79 bits per heavy atom. The first kappa shape index (κ1) is 20.2. The van der Waals surface area contributed by atoms with Gasteiger partial charge in [0.2, 0.25) is 5.91 Å². The minimum Gasteiger partial charge on any atom is -0.477 e. The average molecular weight is 427 g/mol. The van der Waals surface area contributed by atoms with Crippen LogP contribution < -0.4 is 11.1 Å². The van der Waals surface area contributed by atoms with Gasteiger partial charge in [0.05, 0.1) is 6.42 Å². The maximum absolute atomic E-state index is 12.8. The second-order valence-electron chi connectivity index (χ2n) is 5.95. The van der Waals surface area contributed by atoms with E-state index in [4.69, 9.17) is 10.5 Å². The molecule has 12 heteroatoms. The number of fused-ring (bicyclic) bond motifs is 1. The fraction of sp³-hybridized carbons (Fsp3) is 0.375. The summed E-state index contributed by atoms with van der Waals surface area (Å²) in [5, 5.41) is 13.2. The second-order valence-corrected chi connectivity index (χ2v) is 8.05. The number of aliphatic carboxylic acids is 1. The van der Waals surface area contributed by atoms with Crippen LogP contribution >= 0.6 is 23.1 Å². The molecule has 2 atom stereocenters. The highest BCUT2D eigenvalue weighted by Gasteiger charge is 2.66. The van der Waals surface area contributed by atoms with Gasteiger partial charge in [-0.3, -0.25) is 14.5 Å². The summed E-state index contributed by atoms with van der Waals surface area (Å²) in [6, 6.07) is 3.61. The highest BCUT2D eigenvalue weighted by Crippen LogP contribution is 2.46. The standard InChI is InChI=1S/C16H17N3O7S2/c1-25-16(18-10(20)5-9-3-2-4-27-9)13(23)19-11(12(21)22)8(6-26-15(17)24)7-28-14(16)19/h2-4,14H,5-7H2,1H3,(H2,17,24)(H,18,20)(H,21,22). The van der Waals surface area contributed by atoms with Crippen molar-refractivity contribution in [1.29, 1.82) is 0 Å². The highest BCUT2D eigenvalue weighted by atomic mass is 32.2. The molecule has 0 bridgehead atoms. The van der Waals surface area contributed by atoms with Crippen LogP contribution in [0.25, 0.3) is 0 Å². The fourth-order valence-electron chi connectivity index (χ4n) is 3.04. The number of primary amides is 1. The molecule has 1 fully saturated rings. The zero-order chi connectivity index (χ0) is 20.5. The van der Waals surface area contributed by atoms with Crippen LogP contribution in [0.5, 0.6) is 0 Å². The zero-order valence-electron chi connectivity index (χ0n) is 14.7. The number of carbonyl (C=O) groups is 4. The van der Waals surface area contributed by atoms with Crippen LogP contribution in [0.2, 0.25) is 0 Å². The number of methoxy groups -OCH3 is 1. The molecule has 0 radical (unpaired) electrons. The summed E-state index contributed by atoms with van der Waals surface area (Å²) >= 11 is 2.60. The summed E-state index contributed by atoms with van der Waals surface area (Å²) in [6.45, 7) is -0.342. The molecule has 2 aliphatic heterocycles. The SMILES string of the molecule is COC1(NC(=O)Cc2cccs2)C(=O)N2C(C(=O)O)=C(COC(N)=O)CSC21. The van der Waals surface area contributed by atoms with Gasteiger partial charge < -0.3 is 25.6 Å². The normalized spacial score (nSPS) is 23.7. The number of nitrogens with one attached hydrogen (secondary N) is 1. The first-order valence-electron chi connectivity index (χ1n) is 8.01. The Labute approximate surface area is 167 Å². The van der Waals surface area contributed by atoms with Gasteiger partial charge in [0.25, 0.3) is 11.6 Å². The van der Waals surface area contributed by atoms with Crippen LogP contribution in [0.1, 0.15) is 4.88 Å². The van der Waals surface area contributed by atoms with Crippen LogP contribution in [0, 0.1) is 0 Å². The molecule has 2 unspecified atom stereocenters. The Bertz CT molecular complexity index is 854. The minimum absolute atomic E-state index is 0.0762. The molecule has 3 heterocycles. The topological polar surface area (TPSA) is 148 Å². The molecule has 0 aliphatic carbocycles. The number of carboxylic acid groups (broad SMARTS) is 1. The number of thiophene rings is 1. The smallest absolute Gasteiger partial charge is 0.404 e. The molecular weight excluding hydrogens is 410 g/mol. The number of ether oxygens (including phenoxy) is 2. The van der Waals surface area contributed by atoms with E-state index in [1.165, 1.54) is 30.2 Å². The number of nitrogens with two attached hydrogens (primary N) is 1. The number of carbonyl (C=O) groups excluding carboxylic acids is 3. The third-order valence-electron chi connectivity index (χ3n) is 4.26. The van der Waals surface area contributed by atoms with Gasteiger partial charge >= 0.3 is 12.1 Å². The number of β-lactam (4-membered cyclic amide) rings is 1. The van der Waals surface area contributed by atoms with Crippen molar-refractivity contribution >= 4 is 47.0 Å². The molecule has 150 valence electrons. The molecule has 3 amide bonds. The van der Waals surface area contributed by atoms with Gasteiger partial charge in [-0.15, -0.1) is 23.1 Å². The Kier molecular flexibility index (Phi) is 5.63. The van der Waals surface area contributed by atoms with E-state index in [0.29, 0.717) is 0 Å². The molecule has 4 N–H and O–H groups in total. The maximum atomic E-state index is 12.8. The van der Waals surface area contributed by atoms with Gasteiger partial charge in [0, 0.05) is 23.3 Å². The first-order valence-corrected chi connectivity index (χ1v) is 9.94. The Balaban J connectivity index is 1.81. The molecule has 3 rings (SSSR count). The predicted octanol–water partition coefficient (Wildman–Crippen LogP) is 0.0986. The lowest BCUT2D eigenvalue weighted by Gasteiger charge is -2.55. The van der Waals surface area contributed by atoms with Gasteiger partial charge in [-0.05, 0) is 11.4 Å². The van der Waals surface area contributed by atoms with Crippen molar-refractivity contribution in [1.82, 2.24) is 10.2 Å². The second kappa shape index (κ2) is 7.81. The Hall–Kier alpha value is -2.57. The van der Waals surface area contributed by atoms with Gasteiger partial charge in [-0.25, -0.2) is 9.59 Å². The maximum Gasteiger partial charge on any atom is 0.404 e. The van der Waals surface area contributed by atoms with E-state index in [9.17, 15) is 24.3 Å².